The van der Waals surface area contributed by atoms with E-state index in [1.54, 1.807) is 25.7 Å². The van der Waals surface area contributed by atoms with Crippen LogP contribution in [0.25, 0.3) is 22.1 Å². The van der Waals surface area contributed by atoms with Crippen molar-refractivity contribution < 1.29 is 9.53 Å². The van der Waals surface area contributed by atoms with Crippen molar-refractivity contribution in [3.8, 4) is 27.8 Å². The molecule has 8 heteroatoms. The zero-order chi connectivity index (χ0) is 26.9. The molecule has 7 nitrogen and oxygen atoms in total. The van der Waals surface area contributed by atoms with Gasteiger partial charge in [0.25, 0.3) is 5.91 Å². The van der Waals surface area contributed by atoms with E-state index in [0.717, 1.165) is 59.3 Å². The molecule has 0 fully saturated rings. The lowest BCUT2D eigenvalue weighted by Gasteiger charge is -2.15. The second-order valence-electron chi connectivity index (χ2n) is 9.53. The molecular weight excluding hydrogens is 494 g/mol. The van der Waals surface area contributed by atoms with Crippen LogP contribution < -0.4 is 10.1 Å². The number of methoxy groups -OCH3 is 1. The molecule has 1 amide bonds. The zero-order valence-electron chi connectivity index (χ0n) is 22.7. The van der Waals surface area contributed by atoms with Crippen LogP contribution in [0.2, 0.25) is 0 Å². The number of nitrogens with one attached hydrogen (secondary N) is 1. The van der Waals surface area contributed by atoms with Gasteiger partial charge in [0, 0.05) is 36.6 Å². The van der Waals surface area contributed by atoms with E-state index in [2.05, 4.69) is 45.8 Å². The largest absolute Gasteiger partial charge is 0.497 e. The fraction of sp³-hybridized carbons (Fsp3) is 0.400. The summed E-state index contributed by atoms with van der Waals surface area (Å²) in [5.74, 6) is 1.32. The van der Waals surface area contributed by atoms with Crippen molar-refractivity contribution in [3.05, 3.63) is 71.1 Å². The highest BCUT2D eigenvalue weighted by molar-refractivity contribution is 7.13. The lowest BCUT2D eigenvalue weighted by molar-refractivity contribution is 0.0945. The number of thiazole rings is 1. The Morgan fingerprint density at radius 2 is 1.97 bits per heavy atom. The average Bonchev–Trinajstić information content (AvgIpc) is 3.57. The summed E-state index contributed by atoms with van der Waals surface area (Å²) in [7, 11) is 1.67. The molecule has 1 aromatic carbocycles. The average molecular weight is 532 g/mol. The molecule has 4 aromatic rings. The molecule has 1 unspecified atom stereocenters. The predicted molar refractivity (Wildman–Crippen MR) is 154 cm³/mol. The van der Waals surface area contributed by atoms with E-state index in [0.29, 0.717) is 18.0 Å². The van der Waals surface area contributed by atoms with E-state index >= 15 is 0 Å². The van der Waals surface area contributed by atoms with Crippen molar-refractivity contribution in [3.63, 3.8) is 0 Å². The number of rotatable bonds is 13. The summed E-state index contributed by atoms with van der Waals surface area (Å²) in [4.78, 5) is 26.8. The molecule has 0 radical (unpaired) electrons. The number of hydrogen-bond donors (Lipinski definition) is 1. The Bertz CT molecular complexity index is 1310. The third kappa shape index (κ3) is 6.67. The van der Waals surface area contributed by atoms with Crippen molar-refractivity contribution in [2.75, 3.05) is 13.7 Å². The first-order valence-corrected chi connectivity index (χ1v) is 14.3. The molecule has 3 aromatic heterocycles. The van der Waals surface area contributed by atoms with Crippen LogP contribution in [0.1, 0.15) is 61.1 Å². The summed E-state index contributed by atoms with van der Waals surface area (Å²) in [5.41, 5.74) is 5.37. The molecule has 0 aliphatic rings. The first kappa shape index (κ1) is 27.5. The monoisotopic (exact) mass is 531 g/mol. The molecule has 1 N–H and O–H groups in total. The van der Waals surface area contributed by atoms with Gasteiger partial charge in [-0.05, 0) is 49.4 Å². The minimum absolute atomic E-state index is 0.0220. The predicted octanol–water partition coefficient (Wildman–Crippen LogP) is 6.57. The molecule has 0 saturated carbocycles. The molecule has 1 atom stereocenters. The number of carbonyl (C=O) groups excluding carboxylic acids is 1. The van der Waals surface area contributed by atoms with E-state index in [4.69, 9.17) is 9.72 Å². The lowest BCUT2D eigenvalue weighted by Crippen LogP contribution is -2.29. The Balaban J connectivity index is 1.61. The summed E-state index contributed by atoms with van der Waals surface area (Å²) in [6.45, 7) is 7.86. The number of unbranched alkanes of at least 4 members (excludes halogenated alkanes) is 1. The molecule has 38 heavy (non-hydrogen) atoms. The van der Waals surface area contributed by atoms with Gasteiger partial charge in [0.1, 0.15) is 16.5 Å². The van der Waals surface area contributed by atoms with Crippen molar-refractivity contribution >= 4 is 17.2 Å². The van der Waals surface area contributed by atoms with Gasteiger partial charge in [-0.25, -0.2) is 4.98 Å². The second-order valence-corrected chi connectivity index (χ2v) is 10.4. The number of ether oxygens (including phenoxy) is 1. The Kier molecular flexibility index (Phi) is 9.65. The van der Waals surface area contributed by atoms with Gasteiger partial charge < -0.3 is 14.6 Å². The van der Waals surface area contributed by atoms with Gasteiger partial charge in [-0.2, -0.15) is 0 Å². The van der Waals surface area contributed by atoms with Gasteiger partial charge in [0.05, 0.1) is 30.3 Å². The van der Waals surface area contributed by atoms with Gasteiger partial charge >= 0.3 is 0 Å². The number of hydrogen-bond acceptors (Lipinski definition) is 6. The molecule has 0 spiro atoms. The topological polar surface area (TPSA) is 81.9 Å². The third-order valence-electron chi connectivity index (χ3n) is 7.04. The van der Waals surface area contributed by atoms with Crippen molar-refractivity contribution in [2.24, 2.45) is 5.92 Å². The minimum Gasteiger partial charge on any atom is -0.497 e. The summed E-state index contributed by atoms with van der Waals surface area (Å²) >= 11 is 1.53. The van der Waals surface area contributed by atoms with Crippen LogP contribution in [0.3, 0.4) is 0 Å². The highest BCUT2D eigenvalue weighted by Crippen LogP contribution is 2.31. The normalized spacial score (nSPS) is 11.9. The number of benzene rings is 1. The van der Waals surface area contributed by atoms with Crippen molar-refractivity contribution in [2.45, 2.75) is 59.4 Å². The Morgan fingerprint density at radius 1 is 1.16 bits per heavy atom. The summed E-state index contributed by atoms with van der Waals surface area (Å²) in [6.07, 6.45) is 10.4. The van der Waals surface area contributed by atoms with Crippen LogP contribution >= 0.6 is 11.3 Å². The third-order valence-corrected chi connectivity index (χ3v) is 7.90. The van der Waals surface area contributed by atoms with E-state index in [-0.39, 0.29) is 5.91 Å². The number of amides is 1. The summed E-state index contributed by atoms with van der Waals surface area (Å²) in [6, 6.07) is 10.1. The minimum atomic E-state index is -0.0220. The highest BCUT2D eigenvalue weighted by Gasteiger charge is 2.21. The Morgan fingerprint density at radius 3 is 2.66 bits per heavy atom. The maximum absolute atomic E-state index is 13.4. The molecular formula is C30H37N5O2S. The first-order valence-electron chi connectivity index (χ1n) is 13.4. The highest BCUT2D eigenvalue weighted by atomic mass is 32.1. The maximum atomic E-state index is 13.4. The van der Waals surface area contributed by atoms with Crippen molar-refractivity contribution in [1.29, 1.82) is 0 Å². The van der Waals surface area contributed by atoms with Crippen LogP contribution in [-0.4, -0.2) is 39.1 Å². The second kappa shape index (κ2) is 13.3. The summed E-state index contributed by atoms with van der Waals surface area (Å²) in [5, 5.41) is 6.04. The van der Waals surface area contributed by atoms with E-state index in [1.807, 2.05) is 30.5 Å². The number of aromatic nitrogens is 4. The standard InChI is InChI=1S/C30H37N5O2S/c1-5-7-8-22(6-2)18-33-29(36)25-17-28(27-20-38-30(34-27)26-19-31-14-15-32-26)35(21(25)3)16-13-23-9-11-24(37-4)12-10-23/h9-12,14-15,17,19-20,22H,5-8,13,16,18H2,1-4H3,(H,33,36). The maximum Gasteiger partial charge on any atom is 0.253 e. The summed E-state index contributed by atoms with van der Waals surface area (Å²) < 4.78 is 7.51. The van der Waals surface area contributed by atoms with Gasteiger partial charge in [-0.15, -0.1) is 11.3 Å². The number of carbonyl (C=O) groups is 1. The van der Waals surface area contributed by atoms with Crippen LogP contribution in [-0.2, 0) is 13.0 Å². The van der Waals surface area contributed by atoms with Gasteiger partial charge in [-0.3, -0.25) is 14.8 Å². The number of nitrogens with zero attached hydrogens (tertiary/aromatic N) is 4. The van der Waals surface area contributed by atoms with Gasteiger partial charge in [0.2, 0.25) is 0 Å². The van der Waals surface area contributed by atoms with Crippen LogP contribution in [0.4, 0.5) is 0 Å². The smallest absolute Gasteiger partial charge is 0.253 e. The van der Waals surface area contributed by atoms with Gasteiger partial charge in [0.15, 0.2) is 0 Å². The van der Waals surface area contributed by atoms with E-state index in [1.165, 1.54) is 29.7 Å². The first-order chi connectivity index (χ1) is 18.5. The zero-order valence-corrected chi connectivity index (χ0v) is 23.6. The van der Waals surface area contributed by atoms with Gasteiger partial charge in [-0.1, -0.05) is 45.2 Å². The van der Waals surface area contributed by atoms with E-state index in [9.17, 15) is 4.79 Å². The fourth-order valence-electron chi connectivity index (χ4n) is 4.60. The molecule has 0 saturated heterocycles. The molecule has 3 heterocycles. The SMILES string of the molecule is CCCCC(CC)CNC(=O)c1cc(-c2csc(-c3cnccn3)n2)n(CCc2ccc(OC)cc2)c1C. The molecule has 4 rings (SSSR count). The van der Waals surface area contributed by atoms with E-state index < -0.39 is 0 Å². The Hall–Kier alpha value is -3.52. The van der Waals surface area contributed by atoms with Crippen LogP contribution in [0.5, 0.6) is 5.75 Å². The molecule has 200 valence electrons. The molecule has 0 aliphatic carbocycles. The number of aryl methyl sites for hydroxylation is 1. The fourth-order valence-corrected chi connectivity index (χ4v) is 5.38. The van der Waals surface area contributed by atoms with Crippen molar-refractivity contribution in [1.82, 2.24) is 24.8 Å². The Labute approximate surface area is 229 Å². The quantitative estimate of drug-likeness (QED) is 0.211. The molecule has 0 bridgehead atoms. The molecule has 0 aliphatic heterocycles. The van der Waals surface area contributed by atoms with Crippen LogP contribution in [0, 0.1) is 12.8 Å². The van der Waals surface area contributed by atoms with Crippen LogP contribution in [0.15, 0.2) is 54.3 Å². The lowest BCUT2D eigenvalue weighted by atomic mass is 9.99.